The average molecular weight is 360 g/mol. The van der Waals surface area contributed by atoms with E-state index in [9.17, 15) is 30.0 Å². The van der Waals surface area contributed by atoms with Crippen molar-refractivity contribution in [3.05, 3.63) is 59.7 Å². The Kier molecular flexibility index (Phi) is 4.15. The first kappa shape index (κ1) is 16.8. The molecule has 3 aromatic rings. The van der Waals surface area contributed by atoms with E-state index in [1.807, 2.05) is 0 Å². The lowest BCUT2D eigenvalue weighted by molar-refractivity contribution is 0.0371. The van der Waals surface area contributed by atoms with E-state index in [1.165, 1.54) is 24.3 Å². The van der Waals surface area contributed by atoms with Crippen LogP contribution >= 0.6 is 0 Å². The highest BCUT2D eigenvalue weighted by Gasteiger charge is 2.17. The molecule has 0 aliphatic rings. The molecular formula is C16H12N2O8. The second-order valence-electron chi connectivity index (χ2n) is 5.02. The first-order valence-electron chi connectivity index (χ1n) is 7.11. The molecule has 0 bridgehead atoms. The molecule has 1 aromatic carbocycles. The van der Waals surface area contributed by atoms with Crippen molar-refractivity contribution in [2.75, 3.05) is 0 Å². The molecule has 0 radical (unpaired) electrons. The van der Waals surface area contributed by atoms with Gasteiger partial charge in [0, 0.05) is 24.3 Å². The van der Waals surface area contributed by atoms with Crippen LogP contribution in [0.2, 0.25) is 0 Å². The highest BCUT2D eigenvalue weighted by Crippen LogP contribution is 2.20. The maximum atomic E-state index is 12.0. The second kappa shape index (κ2) is 6.43. The summed E-state index contributed by atoms with van der Waals surface area (Å²) in [5, 5.41) is 37.7. The van der Waals surface area contributed by atoms with Crippen LogP contribution in [0, 0.1) is 0 Å². The van der Waals surface area contributed by atoms with Gasteiger partial charge in [-0.3, -0.25) is 0 Å². The maximum Gasteiger partial charge on any atom is 0.363 e. The molecule has 0 spiro atoms. The van der Waals surface area contributed by atoms with Crippen LogP contribution in [0.25, 0.3) is 0 Å². The van der Waals surface area contributed by atoms with Gasteiger partial charge in [-0.1, -0.05) is 0 Å². The fraction of sp³-hybridized carbons (Fsp3) is 0. The number of carbonyl (C=O) groups is 2. The van der Waals surface area contributed by atoms with Crippen LogP contribution < -0.4 is 9.68 Å². The third kappa shape index (κ3) is 3.11. The number of rotatable bonds is 4. The van der Waals surface area contributed by atoms with E-state index in [4.69, 9.17) is 9.68 Å². The monoisotopic (exact) mass is 360 g/mol. The quantitative estimate of drug-likeness (QED) is 0.531. The summed E-state index contributed by atoms with van der Waals surface area (Å²) in [7, 11) is 0. The standard InChI is InChI=1S/C16H12N2O8/c19-11-5-6-12(20)17(11)25-15(23)9-1-2-10(4-3-9)16(24)26-18-13(21)7-8-14(18)22/h1-8,19-22H. The van der Waals surface area contributed by atoms with Gasteiger partial charge in [-0.25, -0.2) is 9.59 Å². The molecule has 0 saturated heterocycles. The average Bonchev–Trinajstić information content (AvgIpc) is 3.12. The smallest absolute Gasteiger partial charge is 0.363 e. The van der Waals surface area contributed by atoms with Gasteiger partial charge in [-0.2, -0.15) is 0 Å². The number of benzene rings is 1. The van der Waals surface area contributed by atoms with Crippen LogP contribution in [-0.4, -0.2) is 41.8 Å². The fourth-order valence-corrected chi connectivity index (χ4v) is 2.00. The van der Waals surface area contributed by atoms with Gasteiger partial charge in [0.1, 0.15) is 0 Å². The molecule has 10 nitrogen and oxygen atoms in total. The number of aromatic nitrogens is 2. The predicted octanol–water partition coefficient (Wildman–Crippen LogP) is 0.650. The normalized spacial score (nSPS) is 10.5. The number of carbonyl (C=O) groups excluding carboxylic acids is 2. The summed E-state index contributed by atoms with van der Waals surface area (Å²) in [4.78, 5) is 33.6. The highest BCUT2D eigenvalue weighted by atomic mass is 16.7. The number of hydrogen-bond acceptors (Lipinski definition) is 8. The Morgan fingerprint density at radius 2 is 0.846 bits per heavy atom. The summed E-state index contributed by atoms with van der Waals surface area (Å²) in [5.74, 6) is -3.67. The van der Waals surface area contributed by atoms with E-state index in [1.54, 1.807) is 0 Å². The molecule has 4 N–H and O–H groups in total. The van der Waals surface area contributed by atoms with Crippen molar-refractivity contribution in [3.8, 4) is 23.5 Å². The van der Waals surface area contributed by atoms with Gasteiger partial charge in [0.25, 0.3) is 0 Å². The molecule has 10 heteroatoms. The summed E-state index contributed by atoms with van der Waals surface area (Å²) < 4.78 is 1.06. The summed E-state index contributed by atoms with van der Waals surface area (Å²) in [5.41, 5.74) is 0.0569. The Balaban J connectivity index is 1.72. The molecule has 0 atom stereocenters. The van der Waals surface area contributed by atoms with Gasteiger partial charge < -0.3 is 30.1 Å². The van der Waals surface area contributed by atoms with E-state index in [-0.39, 0.29) is 11.1 Å². The van der Waals surface area contributed by atoms with Gasteiger partial charge in [-0.15, -0.1) is 9.46 Å². The second-order valence-corrected chi connectivity index (χ2v) is 5.02. The molecule has 0 amide bonds. The number of aromatic hydroxyl groups is 4. The zero-order valence-corrected chi connectivity index (χ0v) is 12.9. The lowest BCUT2D eigenvalue weighted by atomic mass is 10.1. The van der Waals surface area contributed by atoms with Crippen molar-refractivity contribution in [1.29, 1.82) is 0 Å². The van der Waals surface area contributed by atoms with Gasteiger partial charge >= 0.3 is 11.9 Å². The first-order valence-corrected chi connectivity index (χ1v) is 7.11. The Hall–Kier alpha value is -4.08. The first-order chi connectivity index (χ1) is 12.4. The lowest BCUT2D eigenvalue weighted by Crippen LogP contribution is -2.20. The Morgan fingerprint density at radius 3 is 1.12 bits per heavy atom. The Morgan fingerprint density at radius 1 is 0.577 bits per heavy atom. The topological polar surface area (TPSA) is 143 Å². The summed E-state index contributed by atoms with van der Waals surface area (Å²) >= 11 is 0. The molecule has 0 saturated carbocycles. The molecule has 0 aliphatic carbocycles. The van der Waals surface area contributed by atoms with Gasteiger partial charge in [0.2, 0.25) is 23.5 Å². The minimum absolute atomic E-state index is 0.0284. The van der Waals surface area contributed by atoms with Crippen LogP contribution in [0.1, 0.15) is 20.7 Å². The summed E-state index contributed by atoms with van der Waals surface area (Å²) in [6.07, 6.45) is 0. The van der Waals surface area contributed by atoms with Crippen LogP contribution in [0.4, 0.5) is 0 Å². The molecule has 2 heterocycles. The molecule has 0 aliphatic heterocycles. The molecule has 26 heavy (non-hydrogen) atoms. The van der Waals surface area contributed by atoms with Crippen molar-refractivity contribution in [2.45, 2.75) is 0 Å². The molecule has 0 fully saturated rings. The van der Waals surface area contributed by atoms with Gasteiger partial charge in [0.15, 0.2) is 0 Å². The van der Waals surface area contributed by atoms with Crippen molar-refractivity contribution < 1.29 is 39.7 Å². The van der Waals surface area contributed by atoms with E-state index < -0.39 is 35.5 Å². The Labute approximate surface area is 145 Å². The van der Waals surface area contributed by atoms with Crippen LogP contribution in [0.5, 0.6) is 23.5 Å². The van der Waals surface area contributed by atoms with E-state index in [2.05, 4.69) is 0 Å². The maximum absolute atomic E-state index is 12.0. The van der Waals surface area contributed by atoms with E-state index in [0.717, 1.165) is 24.3 Å². The third-order valence-electron chi connectivity index (χ3n) is 3.30. The van der Waals surface area contributed by atoms with Crippen molar-refractivity contribution in [2.24, 2.45) is 0 Å². The SMILES string of the molecule is O=C(On1c(O)ccc1O)c1ccc(C(=O)On2c(O)ccc2O)cc1. The van der Waals surface area contributed by atoms with Gasteiger partial charge in [-0.05, 0) is 24.3 Å². The third-order valence-corrected chi connectivity index (χ3v) is 3.30. The molecule has 134 valence electrons. The van der Waals surface area contributed by atoms with Crippen LogP contribution in [0.3, 0.4) is 0 Å². The van der Waals surface area contributed by atoms with Crippen LogP contribution in [-0.2, 0) is 0 Å². The molecule has 2 aromatic heterocycles. The molecule has 3 rings (SSSR count). The van der Waals surface area contributed by atoms with Gasteiger partial charge in [0.05, 0.1) is 11.1 Å². The zero-order chi connectivity index (χ0) is 18.8. The minimum atomic E-state index is -0.896. The van der Waals surface area contributed by atoms with Crippen LogP contribution in [0.15, 0.2) is 48.5 Å². The number of nitrogens with zero attached hydrogens (tertiary/aromatic N) is 2. The fourth-order valence-electron chi connectivity index (χ4n) is 2.00. The highest BCUT2D eigenvalue weighted by molar-refractivity contribution is 5.93. The Bertz CT molecular complexity index is 853. The minimum Gasteiger partial charge on any atom is -0.492 e. The predicted molar refractivity (Wildman–Crippen MR) is 83.8 cm³/mol. The van der Waals surface area contributed by atoms with Crippen molar-refractivity contribution in [3.63, 3.8) is 0 Å². The molecular weight excluding hydrogens is 348 g/mol. The largest absolute Gasteiger partial charge is 0.492 e. The zero-order valence-electron chi connectivity index (χ0n) is 12.9. The van der Waals surface area contributed by atoms with E-state index >= 15 is 0 Å². The molecule has 0 unspecified atom stereocenters. The summed E-state index contributed by atoms with van der Waals surface area (Å²) in [6.45, 7) is 0. The number of hydrogen-bond donors (Lipinski definition) is 4. The lowest BCUT2D eigenvalue weighted by Gasteiger charge is -2.08. The van der Waals surface area contributed by atoms with Crippen molar-refractivity contribution in [1.82, 2.24) is 9.46 Å². The summed E-state index contributed by atoms with van der Waals surface area (Å²) in [6, 6.07) is 9.55. The van der Waals surface area contributed by atoms with Crippen molar-refractivity contribution >= 4 is 11.9 Å². The van der Waals surface area contributed by atoms with E-state index in [0.29, 0.717) is 9.46 Å².